The van der Waals surface area contributed by atoms with E-state index in [2.05, 4.69) is 36.6 Å². The second kappa shape index (κ2) is 9.86. The summed E-state index contributed by atoms with van der Waals surface area (Å²) in [5, 5.41) is 6.52. The first-order chi connectivity index (χ1) is 10.2. The minimum atomic E-state index is 0. The maximum absolute atomic E-state index is 12.4. The van der Waals surface area contributed by atoms with Gasteiger partial charge in [-0.15, -0.1) is 12.4 Å². The van der Waals surface area contributed by atoms with Crippen LogP contribution < -0.4 is 10.6 Å². The highest BCUT2D eigenvalue weighted by Gasteiger charge is 2.22. The van der Waals surface area contributed by atoms with Crippen molar-refractivity contribution in [3.8, 4) is 0 Å². The molecule has 2 unspecified atom stereocenters. The normalized spacial score (nSPS) is 18.8. The molecule has 0 aliphatic carbocycles. The molecule has 2 rings (SSSR count). The molecule has 2 atom stereocenters. The minimum absolute atomic E-state index is 0. The van der Waals surface area contributed by atoms with Gasteiger partial charge in [-0.3, -0.25) is 4.79 Å². The summed E-state index contributed by atoms with van der Waals surface area (Å²) in [6.07, 6.45) is 3.16. The molecule has 1 saturated heterocycles. The molecule has 0 radical (unpaired) electrons. The zero-order valence-corrected chi connectivity index (χ0v) is 14.5. The van der Waals surface area contributed by atoms with Crippen LogP contribution in [0.2, 0.25) is 0 Å². The lowest BCUT2D eigenvalue weighted by Gasteiger charge is -2.21. The number of nitrogens with one attached hydrogen (secondary N) is 2. The summed E-state index contributed by atoms with van der Waals surface area (Å²) in [4.78, 5) is 12.4. The van der Waals surface area contributed by atoms with Gasteiger partial charge in [0.2, 0.25) is 5.91 Å². The number of halogens is 1. The summed E-state index contributed by atoms with van der Waals surface area (Å²) >= 11 is 0. The van der Waals surface area contributed by atoms with Gasteiger partial charge in [0.05, 0.1) is 0 Å². The molecule has 22 heavy (non-hydrogen) atoms. The monoisotopic (exact) mass is 324 g/mol. The smallest absolute Gasteiger partial charge is 0.223 e. The van der Waals surface area contributed by atoms with E-state index in [0.29, 0.717) is 5.92 Å². The molecule has 1 aromatic rings. The number of benzene rings is 1. The summed E-state index contributed by atoms with van der Waals surface area (Å²) in [7, 11) is 0. The summed E-state index contributed by atoms with van der Waals surface area (Å²) in [6, 6.07) is 10.3. The van der Waals surface area contributed by atoms with Crippen LogP contribution in [-0.2, 0) is 11.2 Å². The zero-order chi connectivity index (χ0) is 15.1. The summed E-state index contributed by atoms with van der Waals surface area (Å²) in [5.41, 5.74) is 1.24. The maximum Gasteiger partial charge on any atom is 0.223 e. The van der Waals surface area contributed by atoms with Crippen LogP contribution in [0.5, 0.6) is 0 Å². The fourth-order valence-electron chi connectivity index (χ4n) is 2.99. The predicted molar refractivity (Wildman–Crippen MR) is 94.3 cm³/mol. The van der Waals surface area contributed by atoms with Gasteiger partial charge in [0.1, 0.15) is 0 Å². The molecule has 2 N–H and O–H groups in total. The van der Waals surface area contributed by atoms with Gasteiger partial charge >= 0.3 is 0 Å². The van der Waals surface area contributed by atoms with E-state index < -0.39 is 0 Å². The van der Waals surface area contributed by atoms with Crippen LogP contribution in [0, 0.1) is 17.8 Å². The van der Waals surface area contributed by atoms with Gasteiger partial charge in [-0.05, 0) is 49.8 Å². The molecule has 0 saturated carbocycles. The second-order valence-corrected chi connectivity index (χ2v) is 6.48. The van der Waals surface area contributed by atoms with Crippen LogP contribution in [0.1, 0.15) is 32.3 Å². The highest BCUT2D eigenvalue weighted by Crippen LogP contribution is 2.18. The Bertz CT molecular complexity index is 430. The topological polar surface area (TPSA) is 41.1 Å². The van der Waals surface area contributed by atoms with E-state index in [-0.39, 0.29) is 24.2 Å². The molecule has 1 aliphatic rings. The lowest BCUT2D eigenvalue weighted by atomic mass is 9.88. The Hall–Kier alpha value is -1.06. The molecular formula is C18H29ClN2O. The maximum atomic E-state index is 12.4. The first-order valence-electron chi connectivity index (χ1n) is 8.19. The van der Waals surface area contributed by atoms with E-state index in [1.165, 1.54) is 12.0 Å². The molecule has 3 nitrogen and oxygen atoms in total. The van der Waals surface area contributed by atoms with E-state index in [0.717, 1.165) is 38.4 Å². The minimum Gasteiger partial charge on any atom is -0.356 e. The van der Waals surface area contributed by atoms with Crippen molar-refractivity contribution < 1.29 is 4.79 Å². The quantitative estimate of drug-likeness (QED) is 0.809. The van der Waals surface area contributed by atoms with Crippen molar-refractivity contribution in [3.63, 3.8) is 0 Å². The van der Waals surface area contributed by atoms with E-state index >= 15 is 0 Å². The van der Waals surface area contributed by atoms with Gasteiger partial charge in [-0.25, -0.2) is 0 Å². The highest BCUT2D eigenvalue weighted by molar-refractivity contribution is 5.85. The van der Waals surface area contributed by atoms with Gasteiger partial charge in [0.15, 0.2) is 0 Å². The third kappa shape index (κ3) is 5.98. The first kappa shape index (κ1) is 19.0. The highest BCUT2D eigenvalue weighted by atomic mass is 35.5. The summed E-state index contributed by atoms with van der Waals surface area (Å²) in [6.45, 7) is 7.31. The summed E-state index contributed by atoms with van der Waals surface area (Å²) < 4.78 is 0. The van der Waals surface area contributed by atoms with Crippen molar-refractivity contribution in [1.82, 2.24) is 10.6 Å². The van der Waals surface area contributed by atoms with Crippen LogP contribution >= 0.6 is 12.4 Å². The molecule has 1 heterocycles. The van der Waals surface area contributed by atoms with Crippen LogP contribution in [0.3, 0.4) is 0 Å². The Labute approximate surface area is 140 Å². The Kier molecular flexibility index (Phi) is 8.51. The van der Waals surface area contributed by atoms with Gasteiger partial charge in [-0.1, -0.05) is 44.2 Å². The van der Waals surface area contributed by atoms with Crippen molar-refractivity contribution in [2.75, 3.05) is 19.6 Å². The van der Waals surface area contributed by atoms with Crippen molar-refractivity contribution in [2.24, 2.45) is 17.8 Å². The molecule has 1 fully saturated rings. The first-order valence-corrected chi connectivity index (χ1v) is 8.19. The molecule has 1 aliphatic heterocycles. The van der Waals surface area contributed by atoms with Crippen molar-refractivity contribution in [2.45, 2.75) is 33.1 Å². The average molecular weight is 325 g/mol. The molecule has 0 bridgehead atoms. The molecule has 4 heteroatoms. The molecule has 0 aromatic heterocycles. The Morgan fingerprint density at radius 1 is 1.32 bits per heavy atom. The van der Waals surface area contributed by atoms with E-state index in [1.807, 2.05) is 18.2 Å². The van der Waals surface area contributed by atoms with E-state index in [4.69, 9.17) is 0 Å². The lowest BCUT2D eigenvalue weighted by Crippen LogP contribution is -2.36. The van der Waals surface area contributed by atoms with Gasteiger partial charge < -0.3 is 10.6 Å². The third-order valence-corrected chi connectivity index (χ3v) is 4.45. The number of rotatable bonds is 7. The van der Waals surface area contributed by atoms with Crippen molar-refractivity contribution >= 4 is 18.3 Å². The van der Waals surface area contributed by atoms with Crippen LogP contribution in [0.4, 0.5) is 0 Å². The number of carbonyl (C=O) groups is 1. The average Bonchev–Trinajstić information content (AvgIpc) is 2.98. The largest absolute Gasteiger partial charge is 0.356 e. The molecule has 1 amide bonds. The number of carbonyl (C=O) groups excluding carboxylic acids is 1. The lowest BCUT2D eigenvalue weighted by molar-refractivity contribution is -0.126. The molecule has 0 spiro atoms. The number of hydrogen-bond acceptors (Lipinski definition) is 2. The van der Waals surface area contributed by atoms with Crippen LogP contribution in [-0.4, -0.2) is 25.5 Å². The zero-order valence-electron chi connectivity index (χ0n) is 13.7. The Morgan fingerprint density at radius 2 is 2.05 bits per heavy atom. The van der Waals surface area contributed by atoms with Crippen molar-refractivity contribution in [1.29, 1.82) is 0 Å². The second-order valence-electron chi connectivity index (χ2n) is 6.48. The fourth-order valence-corrected chi connectivity index (χ4v) is 2.99. The SMILES string of the molecule is CC(C)C(Cc1ccccc1)C(=O)NCCC1CCNC1.Cl. The number of hydrogen-bond donors (Lipinski definition) is 2. The van der Waals surface area contributed by atoms with Crippen LogP contribution in [0.15, 0.2) is 30.3 Å². The van der Waals surface area contributed by atoms with Gasteiger partial charge in [0, 0.05) is 12.5 Å². The number of amides is 1. The van der Waals surface area contributed by atoms with Gasteiger partial charge in [-0.2, -0.15) is 0 Å². The van der Waals surface area contributed by atoms with E-state index in [1.54, 1.807) is 0 Å². The molecule has 124 valence electrons. The standard InChI is InChI=1S/C18H28N2O.ClH/c1-14(2)17(12-15-6-4-3-5-7-15)18(21)20-11-9-16-8-10-19-13-16;/h3-7,14,16-17,19H,8-13H2,1-2H3,(H,20,21);1H. The molecular weight excluding hydrogens is 296 g/mol. The predicted octanol–water partition coefficient (Wildman–Crippen LogP) is 3.04. The molecule has 1 aromatic carbocycles. The van der Waals surface area contributed by atoms with Crippen LogP contribution in [0.25, 0.3) is 0 Å². The Balaban J connectivity index is 0.00000242. The summed E-state index contributed by atoms with van der Waals surface area (Å²) in [5.74, 6) is 1.36. The van der Waals surface area contributed by atoms with Crippen molar-refractivity contribution in [3.05, 3.63) is 35.9 Å². The fraction of sp³-hybridized carbons (Fsp3) is 0.611. The van der Waals surface area contributed by atoms with Gasteiger partial charge in [0.25, 0.3) is 0 Å². The Morgan fingerprint density at radius 3 is 2.64 bits per heavy atom. The third-order valence-electron chi connectivity index (χ3n) is 4.45. The van der Waals surface area contributed by atoms with E-state index in [9.17, 15) is 4.79 Å².